The van der Waals surface area contributed by atoms with Gasteiger partial charge in [-0.05, 0) is 60.4 Å². The molecule has 1 saturated heterocycles. The van der Waals surface area contributed by atoms with Crippen molar-refractivity contribution in [3.63, 3.8) is 0 Å². The second-order valence-corrected chi connectivity index (χ2v) is 8.88. The number of amides is 1. The molecule has 1 unspecified atom stereocenters. The maximum atomic E-state index is 13.0. The Bertz CT molecular complexity index is 715. The average molecular weight is 382 g/mol. The summed E-state index contributed by atoms with van der Waals surface area (Å²) in [5.74, 6) is -2.78. The third-order valence-electron chi connectivity index (χ3n) is 5.85. The Balaban J connectivity index is 1.96. The lowest BCUT2D eigenvalue weighted by atomic mass is 9.80. The van der Waals surface area contributed by atoms with Gasteiger partial charge in [-0.15, -0.1) is 0 Å². The van der Waals surface area contributed by atoms with E-state index in [4.69, 9.17) is 0 Å². The SMILES string of the molecule is CC(C(=O)N1CCc2cc(C(C)(C)C)cc([C@@H]3CCCN3)c2C1)C(F)(F)F. The highest BCUT2D eigenvalue weighted by Gasteiger charge is 2.43. The molecule has 3 nitrogen and oxygen atoms in total. The van der Waals surface area contributed by atoms with E-state index in [0.717, 1.165) is 37.4 Å². The van der Waals surface area contributed by atoms with Crippen LogP contribution in [0.25, 0.3) is 0 Å². The molecule has 0 saturated carbocycles. The van der Waals surface area contributed by atoms with Gasteiger partial charge in [0.1, 0.15) is 5.92 Å². The molecule has 0 bridgehead atoms. The summed E-state index contributed by atoms with van der Waals surface area (Å²) in [6, 6.07) is 4.60. The van der Waals surface area contributed by atoms with Gasteiger partial charge < -0.3 is 10.2 Å². The van der Waals surface area contributed by atoms with E-state index in [-0.39, 0.29) is 18.0 Å². The highest BCUT2D eigenvalue weighted by atomic mass is 19.4. The lowest BCUT2D eigenvalue weighted by Gasteiger charge is -2.35. The summed E-state index contributed by atoms with van der Waals surface area (Å²) in [5.41, 5.74) is 4.62. The maximum Gasteiger partial charge on any atom is 0.400 e. The summed E-state index contributed by atoms with van der Waals surface area (Å²) in [6.07, 6.45) is -1.78. The molecule has 3 rings (SSSR count). The summed E-state index contributed by atoms with van der Waals surface area (Å²) in [5, 5.41) is 3.51. The first-order valence-electron chi connectivity index (χ1n) is 9.73. The topological polar surface area (TPSA) is 32.3 Å². The van der Waals surface area contributed by atoms with Crippen LogP contribution < -0.4 is 5.32 Å². The van der Waals surface area contributed by atoms with Crippen LogP contribution in [-0.2, 0) is 23.2 Å². The molecule has 27 heavy (non-hydrogen) atoms. The summed E-state index contributed by atoms with van der Waals surface area (Å²) in [4.78, 5) is 13.8. The molecule has 2 aliphatic rings. The van der Waals surface area contributed by atoms with Gasteiger partial charge in [-0.1, -0.05) is 32.9 Å². The molecule has 2 aliphatic heterocycles. The van der Waals surface area contributed by atoms with Crippen LogP contribution in [0, 0.1) is 5.92 Å². The van der Waals surface area contributed by atoms with Gasteiger partial charge in [-0.3, -0.25) is 4.79 Å². The molecule has 2 heterocycles. The van der Waals surface area contributed by atoms with E-state index in [0.29, 0.717) is 13.0 Å². The number of benzene rings is 1. The summed E-state index contributed by atoms with van der Waals surface area (Å²) in [6.45, 7) is 9.04. The zero-order valence-electron chi connectivity index (χ0n) is 16.5. The van der Waals surface area contributed by atoms with Crippen molar-refractivity contribution in [3.8, 4) is 0 Å². The third kappa shape index (κ3) is 4.15. The van der Waals surface area contributed by atoms with Gasteiger partial charge in [0.15, 0.2) is 0 Å². The van der Waals surface area contributed by atoms with E-state index < -0.39 is 18.0 Å². The Morgan fingerprint density at radius 3 is 2.52 bits per heavy atom. The molecule has 6 heteroatoms. The van der Waals surface area contributed by atoms with E-state index >= 15 is 0 Å². The molecule has 2 atom stereocenters. The zero-order chi connectivity index (χ0) is 20.0. The van der Waals surface area contributed by atoms with Gasteiger partial charge >= 0.3 is 6.18 Å². The van der Waals surface area contributed by atoms with Crippen LogP contribution in [0.2, 0.25) is 0 Å². The van der Waals surface area contributed by atoms with Crippen molar-refractivity contribution in [1.29, 1.82) is 0 Å². The third-order valence-corrected chi connectivity index (χ3v) is 5.85. The Morgan fingerprint density at radius 1 is 1.26 bits per heavy atom. The van der Waals surface area contributed by atoms with Crippen LogP contribution in [0.5, 0.6) is 0 Å². The minimum absolute atomic E-state index is 0.000135. The Kier molecular flexibility index (Phi) is 5.32. The van der Waals surface area contributed by atoms with E-state index in [1.54, 1.807) is 0 Å². The number of carbonyl (C=O) groups excluding carboxylic acids is 1. The molecule has 150 valence electrons. The van der Waals surface area contributed by atoms with E-state index in [2.05, 4.69) is 38.2 Å². The summed E-state index contributed by atoms with van der Waals surface area (Å²) >= 11 is 0. The predicted octanol–water partition coefficient (Wildman–Crippen LogP) is 4.49. The molecular weight excluding hydrogens is 353 g/mol. The summed E-state index contributed by atoms with van der Waals surface area (Å²) < 4.78 is 39.0. The monoisotopic (exact) mass is 382 g/mol. The van der Waals surface area contributed by atoms with E-state index in [1.165, 1.54) is 16.0 Å². The quantitative estimate of drug-likeness (QED) is 0.817. The first-order valence-corrected chi connectivity index (χ1v) is 9.73. The second kappa shape index (κ2) is 7.12. The minimum atomic E-state index is -4.50. The van der Waals surface area contributed by atoms with Crippen molar-refractivity contribution in [2.75, 3.05) is 13.1 Å². The molecule has 1 N–H and O–H groups in total. The molecule has 0 aliphatic carbocycles. The molecule has 1 amide bonds. The van der Waals surface area contributed by atoms with Gasteiger partial charge in [-0.2, -0.15) is 13.2 Å². The predicted molar refractivity (Wildman–Crippen MR) is 99.5 cm³/mol. The van der Waals surface area contributed by atoms with Gasteiger partial charge in [0.05, 0.1) is 0 Å². The smallest absolute Gasteiger partial charge is 0.337 e. The molecule has 1 fully saturated rings. The van der Waals surface area contributed by atoms with Crippen molar-refractivity contribution in [1.82, 2.24) is 10.2 Å². The normalized spacial score (nSPS) is 21.9. The van der Waals surface area contributed by atoms with Crippen molar-refractivity contribution in [2.45, 2.75) is 71.1 Å². The number of alkyl halides is 3. The van der Waals surface area contributed by atoms with Crippen molar-refractivity contribution < 1.29 is 18.0 Å². The fourth-order valence-electron chi connectivity index (χ4n) is 3.99. The molecule has 0 spiro atoms. The van der Waals surface area contributed by atoms with Crippen molar-refractivity contribution in [3.05, 3.63) is 34.4 Å². The van der Waals surface area contributed by atoms with Crippen LogP contribution in [0.4, 0.5) is 13.2 Å². The number of carbonyl (C=O) groups is 1. The van der Waals surface area contributed by atoms with Gasteiger partial charge in [0, 0.05) is 19.1 Å². The molecule has 0 aromatic heterocycles. The zero-order valence-corrected chi connectivity index (χ0v) is 16.5. The first-order chi connectivity index (χ1) is 12.5. The number of fused-ring (bicyclic) bond motifs is 1. The Morgan fingerprint density at radius 2 is 1.96 bits per heavy atom. The number of hydrogen-bond donors (Lipinski definition) is 1. The largest absolute Gasteiger partial charge is 0.400 e. The van der Waals surface area contributed by atoms with Crippen LogP contribution in [0.1, 0.15) is 68.8 Å². The molecule has 1 aromatic carbocycles. The van der Waals surface area contributed by atoms with Crippen LogP contribution in [0.15, 0.2) is 12.1 Å². The molecular formula is C21H29F3N2O. The number of hydrogen-bond acceptors (Lipinski definition) is 2. The number of rotatable bonds is 2. The van der Waals surface area contributed by atoms with E-state index in [9.17, 15) is 18.0 Å². The van der Waals surface area contributed by atoms with Crippen molar-refractivity contribution in [2.24, 2.45) is 5.92 Å². The summed E-state index contributed by atoms with van der Waals surface area (Å²) in [7, 11) is 0. The number of nitrogens with one attached hydrogen (secondary N) is 1. The number of nitrogens with zero attached hydrogens (tertiary/aromatic N) is 1. The van der Waals surface area contributed by atoms with Gasteiger partial charge in [0.2, 0.25) is 5.91 Å². The molecule has 0 radical (unpaired) electrons. The number of halogens is 3. The van der Waals surface area contributed by atoms with Gasteiger partial charge in [0.25, 0.3) is 0 Å². The minimum Gasteiger partial charge on any atom is -0.337 e. The average Bonchev–Trinajstić information content (AvgIpc) is 3.11. The second-order valence-electron chi connectivity index (χ2n) is 8.88. The van der Waals surface area contributed by atoms with Crippen LogP contribution >= 0.6 is 0 Å². The van der Waals surface area contributed by atoms with Crippen LogP contribution in [0.3, 0.4) is 0 Å². The molecule has 1 aromatic rings. The Hall–Kier alpha value is -1.56. The highest BCUT2D eigenvalue weighted by molar-refractivity contribution is 5.79. The van der Waals surface area contributed by atoms with Crippen LogP contribution in [-0.4, -0.2) is 30.1 Å². The van der Waals surface area contributed by atoms with E-state index in [1.807, 2.05) is 0 Å². The lowest BCUT2D eigenvalue weighted by Crippen LogP contribution is -2.44. The highest BCUT2D eigenvalue weighted by Crippen LogP contribution is 2.37. The lowest BCUT2D eigenvalue weighted by molar-refractivity contribution is -0.186. The van der Waals surface area contributed by atoms with Crippen molar-refractivity contribution >= 4 is 5.91 Å². The standard InChI is InChI=1S/C21H29F3N2O/c1-13(21(22,23)24)19(27)26-9-7-14-10-15(20(2,3)4)11-16(17(14)12-26)18-6-5-8-25-18/h10-11,13,18,25H,5-9,12H2,1-4H3/t13?,18-/m0/s1. The first kappa shape index (κ1) is 20.2. The fraction of sp³-hybridized carbons (Fsp3) is 0.667. The maximum absolute atomic E-state index is 13.0. The Labute approximate surface area is 159 Å². The fourth-order valence-corrected chi connectivity index (χ4v) is 3.99. The van der Waals surface area contributed by atoms with Gasteiger partial charge in [-0.25, -0.2) is 0 Å².